The van der Waals surface area contributed by atoms with Gasteiger partial charge in [0.25, 0.3) is 0 Å². The highest BCUT2D eigenvalue weighted by molar-refractivity contribution is 5.85. The van der Waals surface area contributed by atoms with Gasteiger partial charge in [-0.15, -0.1) is 0 Å². The number of rotatable bonds is 4. The van der Waals surface area contributed by atoms with E-state index in [1.807, 2.05) is 38.1 Å². The van der Waals surface area contributed by atoms with Crippen molar-refractivity contribution in [3.63, 3.8) is 0 Å². The maximum absolute atomic E-state index is 11.9. The summed E-state index contributed by atoms with van der Waals surface area (Å²) >= 11 is 0. The van der Waals surface area contributed by atoms with E-state index < -0.39 is 17.1 Å². The largest absolute Gasteiger partial charge is 0.476 e. The van der Waals surface area contributed by atoms with Gasteiger partial charge >= 0.3 is 5.97 Å². The van der Waals surface area contributed by atoms with Gasteiger partial charge in [-0.2, -0.15) is 5.10 Å². The topological polar surface area (TPSA) is 72.2 Å². The van der Waals surface area contributed by atoms with E-state index in [1.165, 1.54) is 4.68 Å². The summed E-state index contributed by atoms with van der Waals surface area (Å²) in [6, 6.07) is 7.60. The zero-order valence-corrected chi connectivity index (χ0v) is 11.5. The van der Waals surface area contributed by atoms with E-state index in [-0.39, 0.29) is 0 Å². The molecule has 0 amide bonds. The Labute approximate surface area is 116 Å². The molecule has 1 aromatic carbocycles. The Bertz CT molecular complexity index is 705. The van der Waals surface area contributed by atoms with Gasteiger partial charge in [-0.25, -0.2) is 9.48 Å². The van der Waals surface area contributed by atoms with E-state index in [1.54, 1.807) is 6.20 Å². The zero-order valence-electron chi connectivity index (χ0n) is 11.5. The molecule has 0 aliphatic heterocycles. The van der Waals surface area contributed by atoms with Crippen molar-refractivity contribution in [1.82, 2.24) is 9.78 Å². The number of benzene rings is 1. The van der Waals surface area contributed by atoms with Crippen LogP contribution in [0.5, 0.6) is 0 Å². The number of aryl methyl sites for hydroxylation is 2. The summed E-state index contributed by atoms with van der Waals surface area (Å²) in [5, 5.41) is 13.1. The molecule has 5 heteroatoms. The second-order valence-corrected chi connectivity index (χ2v) is 4.42. The number of carboxylic acid groups (broad SMARTS) is 1. The van der Waals surface area contributed by atoms with Crippen molar-refractivity contribution in [3.8, 4) is 5.69 Å². The van der Waals surface area contributed by atoms with Crippen LogP contribution in [0, 0.1) is 0 Å². The second kappa shape index (κ2) is 5.69. The fourth-order valence-corrected chi connectivity index (χ4v) is 2.09. The maximum Gasteiger partial charge on any atom is 0.360 e. The van der Waals surface area contributed by atoms with Crippen LogP contribution in [0.4, 0.5) is 0 Å². The predicted octanol–water partition coefficient (Wildman–Crippen LogP) is 2.06. The number of nitrogens with zero attached hydrogens (tertiary/aromatic N) is 2. The smallest absolute Gasteiger partial charge is 0.360 e. The second-order valence-electron chi connectivity index (χ2n) is 4.42. The Morgan fingerprint density at radius 1 is 1.20 bits per heavy atom. The summed E-state index contributed by atoms with van der Waals surface area (Å²) in [6.07, 6.45) is 2.88. The molecule has 20 heavy (non-hydrogen) atoms. The van der Waals surface area contributed by atoms with Gasteiger partial charge in [-0.05, 0) is 24.5 Å². The molecule has 0 saturated carbocycles. The molecule has 5 nitrogen and oxygen atoms in total. The first-order chi connectivity index (χ1) is 9.58. The lowest BCUT2D eigenvalue weighted by atomic mass is 10.1. The third-order valence-corrected chi connectivity index (χ3v) is 3.20. The average molecular weight is 272 g/mol. The minimum Gasteiger partial charge on any atom is -0.476 e. The van der Waals surface area contributed by atoms with Crippen LogP contribution in [-0.4, -0.2) is 20.9 Å². The van der Waals surface area contributed by atoms with E-state index in [0.29, 0.717) is 12.0 Å². The van der Waals surface area contributed by atoms with Gasteiger partial charge in [0.15, 0.2) is 0 Å². The van der Waals surface area contributed by atoms with E-state index in [4.69, 9.17) is 5.11 Å². The summed E-state index contributed by atoms with van der Waals surface area (Å²) in [6.45, 7) is 3.83. The van der Waals surface area contributed by atoms with E-state index in [2.05, 4.69) is 5.10 Å². The molecule has 0 fully saturated rings. The number of para-hydroxylation sites is 1. The summed E-state index contributed by atoms with van der Waals surface area (Å²) in [7, 11) is 0. The van der Waals surface area contributed by atoms with E-state index in [0.717, 1.165) is 17.7 Å². The first-order valence-electron chi connectivity index (χ1n) is 6.52. The Morgan fingerprint density at radius 2 is 1.85 bits per heavy atom. The Hall–Kier alpha value is -2.43. The van der Waals surface area contributed by atoms with Crippen molar-refractivity contribution in [2.75, 3.05) is 0 Å². The predicted molar refractivity (Wildman–Crippen MR) is 75.5 cm³/mol. The zero-order chi connectivity index (χ0) is 14.7. The first kappa shape index (κ1) is 14.0. The number of aromatic nitrogens is 2. The lowest BCUT2D eigenvalue weighted by Gasteiger charge is -2.12. The van der Waals surface area contributed by atoms with Crippen LogP contribution in [0.3, 0.4) is 0 Å². The molecule has 1 N–H and O–H groups in total. The number of aromatic carboxylic acids is 1. The molecule has 1 heterocycles. The standard InChI is InChI=1S/C15H16N2O3/c1-3-10-7-5-6-8-12(10)17-9-11(4-2)14(18)13(16-17)15(19)20/h5-9H,3-4H2,1-2H3,(H,19,20). The summed E-state index contributed by atoms with van der Waals surface area (Å²) in [5.74, 6) is -1.30. The van der Waals surface area contributed by atoms with Crippen molar-refractivity contribution in [1.29, 1.82) is 0 Å². The minimum absolute atomic E-state index is 0.435. The number of hydrogen-bond acceptors (Lipinski definition) is 3. The summed E-state index contributed by atoms with van der Waals surface area (Å²) in [5.41, 5.74) is 1.35. The Balaban J connectivity index is 2.72. The van der Waals surface area contributed by atoms with Crippen LogP contribution in [0.2, 0.25) is 0 Å². The summed E-state index contributed by atoms with van der Waals surface area (Å²) in [4.78, 5) is 23.1. The number of hydrogen-bond donors (Lipinski definition) is 1. The molecule has 0 saturated heterocycles. The van der Waals surface area contributed by atoms with Crippen LogP contribution in [-0.2, 0) is 12.8 Å². The summed E-state index contributed by atoms with van der Waals surface area (Å²) < 4.78 is 1.49. The molecule has 0 radical (unpaired) electrons. The molecule has 2 rings (SSSR count). The molecule has 0 bridgehead atoms. The fourth-order valence-electron chi connectivity index (χ4n) is 2.09. The Morgan fingerprint density at radius 3 is 2.45 bits per heavy atom. The van der Waals surface area contributed by atoms with Gasteiger partial charge in [0, 0.05) is 11.8 Å². The van der Waals surface area contributed by atoms with Gasteiger partial charge in [-0.1, -0.05) is 32.0 Å². The molecule has 0 aliphatic rings. The van der Waals surface area contributed by atoms with Gasteiger partial charge in [0.05, 0.1) is 5.69 Å². The van der Waals surface area contributed by atoms with Crippen LogP contribution < -0.4 is 5.43 Å². The SMILES string of the molecule is CCc1ccccc1-n1cc(CC)c(=O)c(C(=O)O)n1. The van der Waals surface area contributed by atoms with Gasteiger partial charge in [-0.3, -0.25) is 4.79 Å². The number of carbonyl (C=O) groups is 1. The molecule has 0 atom stereocenters. The Kier molecular flexibility index (Phi) is 3.98. The molecule has 2 aromatic rings. The highest BCUT2D eigenvalue weighted by atomic mass is 16.4. The molecule has 1 aromatic heterocycles. The van der Waals surface area contributed by atoms with Crippen LogP contribution >= 0.6 is 0 Å². The van der Waals surface area contributed by atoms with Crippen molar-refractivity contribution in [2.45, 2.75) is 26.7 Å². The van der Waals surface area contributed by atoms with Crippen molar-refractivity contribution in [2.24, 2.45) is 0 Å². The highest BCUT2D eigenvalue weighted by Gasteiger charge is 2.16. The van der Waals surface area contributed by atoms with E-state index >= 15 is 0 Å². The number of carboxylic acids is 1. The van der Waals surface area contributed by atoms with Crippen molar-refractivity contribution in [3.05, 3.63) is 57.5 Å². The molecular weight excluding hydrogens is 256 g/mol. The lowest BCUT2D eigenvalue weighted by molar-refractivity contribution is 0.0686. The molecule has 0 unspecified atom stereocenters. The normalized spacial score (nSPS) is 10.5. The fraction of sp³-hybridized carbons (Fsp3) is 0.267. The molecule has 104 valence electrons. The average Bonchev–Trinajstić information content (AvgIpc) is 2.47. The molecule has 0 spiro atoms. The highest BCUT2D eigenvalue weighted by Crippen LogP contribution is 2.14. The quantitative estimate of drug-likeness (QED) is 0.924. The lowest BCUT2D eigenvalue weighted by Crippen LogP contribution is -2.24. The first-order valence-corrected chi connectivity index (χ1v) is 6.52. The third-order valence-electron chi connectivity index (χ3n) is 3.20. The van der Waals surface area contributed by atoms with Gasteiger partial charge in [0.1, 0.15) is 0 Å². The van der Waals surface area contributed by atoms with Crippen LogP contribution in [0.1, 0.15) is 35.5 Å². The van der Waals surface area contributed by atoms with Gasteiger partial charge in [0.2, 0.25) is 11.1 Å². The van der Waals surface area contributed by atoms with E-state index in [9.17, 15) is 9.59 Å². The van der Waals surface area contributed by atoms with Crippen LogP contribution in [0.25, 0.3) is 5.69 Å². The third kappa shape index (κ3) is 2.47. The minimum atomic E-state index is -1.30. The van der Waals surface area contributed by atoms with Crippen molar-refractivity contribution < 1.29 is 9.90 Å². The van der Waals surface area contributed by atoms with Crippen LogP contribution in [0.15, 0.2) is 35.3 Å². The molecular formula is C15H16N2O3. The monoisotopic (exact) mass is 272 g/mol. The maximum atomic E-state index is 11.9. The van der Waals surface area contributed by atoms with Crippen molar-refractivity contribution >= 4 is 5.97 Å². The molecule has 0 aliphatic carbocycles. The van der Waals surface area contributed by atoms with Gasteiger partial charge < -0.3 is 5.11 Å².